The van der Waals surface area contributed by atoms with E-state index < -0.39 is 12.1 Å². The second kappa shape index (κ2) is 69.8. The average molecular weight is 1100 g/mol. The van der Waals surface area contributed by atoms with Gasteiger partial charge in [0.2, 0.25) is 5.91 Å². The highest BCUT2D eigenvalue weighted by Crippen LogP contribution is 2.18. The molecule has 79 heavy (non-hydrogen) atoms. The fourth-order valence-corrected chi connectivity index (χ4v) is 10.8. The van der Waals surface area contributed by atoms with Gasteiger partial charge in [-0.15, -0.1) is 0 Å². The fourth-order valence-electron chi connectivity index (χ4n) is 10.8. The topological polar surface area (TPSA) is 69.6 Å². The first-order valence-electron chi connectivity index (χ1n) is 35.3. The van der Waals surface area contributed by atoms with Gasteiger partial charge in [0.1, 0.15) is 0 Å². The maximum atomic E-state index is 12.5. The Balaban J connectivity index is 3.44. The third-order valence-electron chi connectivity index (χ3n) is 16.1. The zero-order chi connectivity index (χ0) is 56.9. The molecule has 0 aromatic carbocycles. The smallest absolute Gasteiger partial charge is 0.220 e. The lowest BCUT2D eigenvalue weighted by atomic mass is 10.0. The molecule has 0 aliphatic heterocycles. The second-order valence-corrected chi connectivity index (χ2v) is 23.9. The highest BCUT2D eigenvalue weighted by atomic mass is 16.3. The van der Waals surface area contributed by atoms with E-state index in [2.05, 4.69) is 92.1 Å². The van der Waals surface area contributed by atoms with E-state index in [4.69, 9.17) is 0 Å². The molecular formula is C75H137NO3. The first kappa shape index (κ1) is 76.6. The van der Waals surface area contributed by atoms with Crippen LogP contribution in [0.2, 0.25) is 0 Å². The van der Waals surface area contributed by atoms with Gasteiger partial charge in [0, 0.05) is 6.42 Å². The summed E-state index contributed by atoms with van der Waals surface area (Å²) >= 11 is 0. The minimum atomic E-state index is -0.865. The molecule has 4 nitrogen and oxygen atoms in total. The van der Waals surface area contributed by atoms with E-state index in [0.29, 0.717) is 6.42 Å². The third-order valence-corrected chi connectivity index (χ3v) is 16.1. The van der Waals surface area contributed by atoms with Crippen LogP contribution in [-0.4, -0.2) is 34.9 Å². The van der Waals surface area contributed by atoms with E-state index in [1.54, 1.807) is 6.08 Å². The van der Waals surface area contributed by atoms with E-state index in [1.165, 1.54) is 283 Å². The first-order valence-corrected chi connectivity index (χ1v) is 35.3. The fraction of sp³-hybridized carbons (Fsp3) is 0.800. The minimum Gasteiger partial charge on any atom is -0.394 e. The van der Waals surface area contributed by atoms with Crippen molar-refractivity contribution in [3.63, 3.8) is 0 Å². The summed E-state index contributed by atoms with van der Waals surface area (Å²) in [6.07, 6.45) is 103. The quantitative estimate of drug-likeness (QED) is 0.0420. The molecule has 0 rings (SSSR count). The number of unbranched alkanes of at least 4 members (excludes halogenated alkanes) is 46. The second-order valence-electron chi connectivity index (χ2n) is 23.9. The SMILES string of the molecule is CC/C=C\C/C=C\C/C=C\C/C=C\C/C=C\CCCCCCCCCCCCCCCCCCCCCCCCCCCC(=O)NC(CO)C(O)/C=C/CC/C=C/CCCCCCCCCCCCCCCCCCCCCC. The number of aliphatic hydroxyl groups excluding tert-OH is 2. The van der Waals surface area contributed by atoms with Gasteiger partial charge < -0.3 is 15.5 Å². The zero-order valence-electron chi connectivity index (χ0n) is 53.1. The van der Waals surface area contributed by atoms with Crippen molar-refractivity contribution in [1.82, 2.24) is 5.32 Å². The number of nitrogens with one attached hydrogen (secondary N) is 1. The van der Waals surface area contributed by atoms with Crippen molar-refractivity contribution < 1.29 is 15.0 Å². The molecule has 3 N–H and O–H groups in total. The number of carbonyl (C=O) groups excluding carboxylic acids is 1. The van der Waals surface area contributed by atoms with Crippen LogP contribution in [0, 0.1) is 0 Å². The molecule has 0 bridgehead atoms. The lowest BCUT2D eigenvalue weighted by Gasteiger charge is -2.19. The lowest BCUT2D eigenvalue weighted by Crippen LogP contribution is -2.45. The van der Waals surface area contributed by atoms with Gasteiger partial charge in [0.15, 0.2) is 0 Å². The molecule has 0 fully saturated rings. The van der Waals surface area contributed by atoms with Crippen LogP contribution in [0.4, 0.5) is 0 Å². The summed E-state index contributed by atoms with van der Waals surface area (Å²) in [5, 5.41) is 23.3. The van der Waals surface area contributed by atoms with Crippen molar-refractivity contribution in [2.45, 2.75) is 379 Å². The van der Waals surface area contributed by atoms with Crippen molar-refractivity contribution in [2.75, 3.05) is 6.61 Å². The van der Waals surface area contributed by atoms with Crippen LogP contribution < -0.4 is 5.32 Å². The highest BCUT2D eigenvalue weighted by Gasteiger charge is 2.18. The molecule has 1 amide bonds. The highest BCUT2D eigenvalue weighted by molar-refractivity contribution is 5.76. The van der Waals surface area contributed by atoms with Crippen LogP contribution >= 0.6 is 0 Å². The summed E-state index contributed by atoms with van der Waals surface area (Å²) in [5.41, 5.74) is 0. The largest absolute Gasteiger partial charge is 0.394 e. The van der Waals surface area contributed by atoms with Crippen LogP contribution in [0.1, 0.15) is 367 Å². The molecule has 0 aliphatic carbocycles. The Labute approximate surface area is 494 Å². The summed E-state index contributed by atoms with van der Waals surface area (Å²) in [7, 11) is 0. The number of aliphatic hydroxyl groups is 2. The van der Waals surface area contributed by atoms with Crippen LogP contribution in [0.5, 0.6) is 0 Å². The maximum absolute atomic E-state index is 12.5. The first-order chi connectivity index (χ1) is 39.2. The summed E-state index contributed by atoms with van der Waals surface area (Å²) in [6.45, 7) is 4.22. The number of allylic oxidation sites excluding steroid dienone is 13. The van der Waals surface area contributed by atoms with Gasteiger partial charge in [0.05, 0.1) is 18.8 Å². The average Bonchev–Trinajstić information content (AvgIpc) is 3.45. The van der Waals surface area contributed by atoms with E-state index >= 15 is 0 Å². The van der Waals surface area contributed by atoms with Gasteiger partial charge in [-0.1, -0.05) is 369 Å². The minimum absolute atomic E-state index is 0.0678. The molecule has 0 aromatic heterocycles. The van der Waals surface area contributed by atoms with Crippen LogP contribution in [0.15, 0.2) is 85.1 Å². The molecule has 2 atom stereocenters. The number of amides is 1. The summed E-state index contributed by atoms with van der Waals surface area (Å²) in [4.78, 5) is 12.5. The van der Waals surface area contributed by atoms with Gasteiger partial charge in [-0.25, -0.2) is 0 Å². The predicted octanol–water partition coefficient (Wildman–Crippen LogP) is 24.2. The van der Waals surface area contributed by atoms with Crippen molar-refractivity contribution in [2.24, 2.45) is 0 Å². The Hall–Kier alpha value is -2.43. The third kappa shape index (κ3) is 66.3. The Morgan fingerprint density at radius 2 is 0.570 bits per heavy atom. The molecule has 2 unspecified atom stereocenters. The molecule has 460 valence electrons. The molecule has 0 radical (unpaired) electrons. The molecule has 0 heterocycles. The van der Waals surface area contributed by atoms with Crippen LogP contribution in [0.3, 0.4) is 0 Å². The van der Waals surface area contributed by atoms with Gasteiger partial charge in [-0.2, -0.15) is 0 Å². The van der Waals surface area contributed by atoms with Gasteiger partial charge in [-0.3, -0.25) is 4.79 Å². The van der Waals surface area contributed by atoms with Crippen LogP contribution in [0.25, 0.3) is 0 Å². The van der Waals surface area contributed by atoms with E-state index in [-0.39, 0.29) is 12.5 Å². The summed E-state index contributed by atoms with van der Waals surface area (Å²) < 4.78 is 0. The molecule has 4 heteroatoms. The molecular weight excluding hydrogens is 963 g/mol. The lowest BCUT2D eigenvalue weighted by molar-refractivity contribution is -0.123. The zero-order valence-corrected chi connectivity index (χ0v) is 53.1. The van der Waals surface area contributed by atoms with E-state index in [0.717, 1.165) is 64.2 Å². The summed E-state index contributed by atoms with van der Waals surface area (Å²) in [5.74, 6) is -0.0678. The van der Waals surface area contributed by atoms with Crippen molar-refractivity contribution in [3.05, 3.63) is 85.1 Å². The predicted molar refractivity (Wildman–Crippen MR) is 354 cm³/mol. The van der Waals surface area contributed by atoms with Crippen molar-refractivity contribution in [1.29, 1.82) is 0 Å². The number of hydrogen-bond donors (Lipinski definition) is 3. The standard InChI is InChI=1S/C75H137NO3/c1-3-5-7-9-11-13-15-17-19-21-23-25-27-29-31-32-33-34-35-36-37-38-39-40-41-42-43-44-45-47-49-51-53-55-57-59-61-63-65-67-69-71-75(79)76-73(72-77)74(78)70-68-66-64-62-60-58-56-54-52-50-48-46-30-28-26-24-22-20-18-16-14-12-10-8-6-4-2/h5,7,11,13,17,19,23,25,29,31,60,62,68,70,73-74,77-78H,3-4,6,8-10,12,14-16,18,20-22,24,26-28,30,32-59,61,63-67,69,71-72H2,1-2H3,(H,76,79)/b7-5-,13-11-,19-17-,25-23-,31-29-,62-60+,70-68+. The Morgan fingerprint density at radius 1 is 0.316 bits per heavy atom. The molecule has 0 saturated carbocycles. The van der Waals surface area contributed by atoms with Crippen molar-refractivity contribution in [3.8, 4) is 0 Å². The normalized spacial score (nSPS) is 13.2. The van der Waals surface area contributed by atoms with Gasteiger partial charge in [0.25, 0.3) is 0 Å². The van der Waals surface area contributed by atoms with Gasteiger partial charge >= 0.3 is 0 Å². The Bertz CT molecular complexity index is 1390. The maximum Gasteiger partial charge on any atom is 0.220 e. The number of rotatable bonds is 65. The molecule has 0 spiro atoms. The van der Waals surface area contributed by atoms with E-state index in [9.17, 15) is 15.0 Å². The summed E-state index contributed by atoms with van der Waals surface area (Å²) in [6, 6.07) is -0.642. The monoisotopic (exact) mass is 1100 g/mol. The Kier molecular flexibility index (Phi) is 67.7. The molecule has 0 aliphatic rings. The molecule has 0 aromatic rings. The molecule has 0 saturated heterocycles. The Morgan fingerprint density at radius 3 is 0.886 bits per heavy atom. The van der Waals surface area contributed by atoms with E-state index in [1.807, 2.05) is 6.08 Å². The van der Waals surface area contributed by atoms with Crippen LogP contribution in [-0.2, 0) is 4.79 Å². The number of hydrogen-bond acceptors (Lipinski definition) is 3. The number of carbonyl (C=O) groups is 1. The van der Waals surface area contributed by atoms with Gasteiger partial charge in [-0.05, 0) is 77.0 Å². The van der Waals surface area contributed by atoms with Crippen molar-refractivity contribution >= 4 is 5.91 Å².